The number of halogens is 2. The zero-order chi connectivity index (χ0) is 12.2. The van der Waals surface area contributed by atoms with Crippen LogP contribution in [0.2, 0.25) is 5.02 Å². The molecule has 0 aliphatic carbocycles. The summed E-state index contributed by atoms with van der Waals surface area (Å²) in [7, 11) is 0. The second kappa shape index (κ2) is 5.51. The van der Waals surface area contributed by atoms with Gasteiger partial charge in [0.05, 0.1) is 0 Å². The van der Waals surface area contributed by atoms with Gasteiger partial charge in [0.2, 0.25) is 0 Å². The Morgan fingerprint density at radius 2 is 1.94 bits per heavy atom. The van der Waals surface area contributed by atoms with E-state index in [9.17, 15) is 4.39 Å². The van der Waals surface area contributed by atoms with Crippen molar-refractivity contribution in [2.75, 3.05) is 11.9 Å². The highest BCUT2D eigenvalue weighted by Crippen LogP contribution is 2.24. The fourth-order valence-corrected chi connectivity index (χ4v) is 1.92. The summed E-state index contributed by atoms with van der Waals surface area (Å²) in [6.07, 6.45) is 1.77. The molecule has 0 aliphatic heterocycles. The molecule has 0 fully saturated rings. The van der Waals surface area contributed by atoms with E-state index in [4.69, 9.17) is 17.3 Å². The Bertz CT molecular complexity index is 322. The van der Waals surface area contributed by atoms with Gasteiger partial charge >= 0.3 is 0 Å². The second-order valence-corrected chi connectivity index (χ2v) is 4.41. The lowest BCUT2D eigenvalue weighted by Gasteiger charge is -2.32. The van der Waals surface area contributed by atoms with Gasteiger partial charge in [0.15, 0.2) is 0 Å². The van der Waals surface area contributed by atoms with E-state index < -0.39 is 0 Å². The molecule has 2 nitrogen and oxygen atoms in total. The highest BCUT2D eigenvalue weighted by atomic mass is 35.5. The van der Waals surface area contributed by atoms with Gasteiger partial charge in [-0.1, -0.05) is 25.4 Å². The number of nitrogens with one attached hydrogen (secondary N) is 1. The minimum Gasteiger partial charge on any atom is -0.378 e. The van der Waals surface area contributed by atoms with Crippen LogP contribution in [0, 0.1) is 5.82 Å². The number of benzene rings is 1. The molecular weight excluding hydrogens is 227 g/mol. The molecule has 0 atom stereocenters. The van der Waals surface area contributed by atoms with E-state index in [0.717, 1.165) is 12.8 Å². The van der Waals surface area contributed by atoms with Crippen LogP contribution in [-0.4, -0.2) is 12.1 Å². The Morgan fingerprint density at radius 3 is 2.38 bits per heavy atom. The van der Waals surface area contributed by atoms with Crippen LogP contribution in [0.5, 0.6) is 0 Å². The lowest BCUT2D eigenvalue weighted by Crippen LogP contribution is -2.44. The minimum atomic E-state index is -0.340. The van der Waals surface area contributed by atoms with Crippen LogP contribution in [0.15, 0.2) is 18.2 Å². The predicted octanol–water partition coefficient (Wildman–Crippen LogP) is 3.41. The first-order valence-corrected chi connectivity index (χ1v) is 5.87. The maximum Gasteiger partial charge on any atom is 0.126 e. The molecule has 16 heavy (non-hydrogen) atoms. The summed E-state index contributed by atoms with van der Waals surface area (Å²) >= 11 is 5.80. The van der Waals surface area contributed by atoms with Crippen molar-refractivity contribution < 1.29 is 4.39 Å². The van der Waals surface area contributed by atoms with Gasteiger partial charge in [-0.05, 0) is 31.0 Å². The van der Waals surface area contributed by atoms with E-state index in [1.165, 1.54) is 12.1 Å². The van der Waals surface area contributed by atoms with Gasteiger partial charge in [-0.25, -0.2) is 4.39 Å². The smallest absolute Gasteiger partial charge is 0.126 e. The lowest BCUT2D eigenvalue weighted by atomic mass is 9.92. The van der Waals surface area contributed by atoms with E-state index in [0.29, 0.717) is 17.3 Å². The molecule has 0 saturated carbocycles. The predicted molar refractivity (Wildman–Crippen MR) is 67.4 cm³/mol. The van der Waals surface area contributed by atoms with Crippen LogP contribution in [-0.2, 0) is 0 Å². The van der Waals surface area contributed by atoms with E-state index >= 15 is 0 Å². The van der Waals surface area contributed by atoms with E-state index in [1.807, 2.05) is 0 Å². The molecule has 1 rings (SSSR count). The number of hydrogen-bond donors (Lipinski definition) is 2. The molecule has 0 unspecified atom stereocenters. The largest absolute Gasteiger partial charge is 0.378 e. The Labute approximate surface area is 101 Å². The molecule has 0 aliphatic rings. The minimum absolute atomic E-state index is 0.183. The number of anilines is 1. The molecule has 0 radical (unpaired) electrons. The molecule has 0 heterocycles. The van der Waals surface area contributed by atoms with Gasteiger partial charge in [-0.15, -0.1) is 0 Å². The molecule has 0 bridgehead atoms. The molecular formula is C12H18ClFN2. The van der Waals surface area contributed by atoms with E-state index in [-0.39, 0.29) is 11.4 Å². The number of nitrogens with two attached hydrogens (primary N) is 1. The molecule has 1 aromatic rings. The average molecular weight is 245 g/mol. The second-order valence-electron chi connectivity index (χ2n) is 3.97. The SMILES string of the molecule is CCC(CC)(CN)Nc1cc(F)cc(Cl)c1. The zero-order valence-electron chi connectivity index (χ0n) is 9.69. The number of rotatable bonds is 5. The van der Waals surface area contributed by atoms with Crippen LogP contribution in [0.1, 0.15) is 26.7 Å². The van der Waals surface area contributed by atoms with Gasteiger partial charge in [-0.3, -0.25) is 0 Å². The Kier molecular flexibility index (Phi) is 4.56. The molecule has 90 valence electrons. The summed E-state index contributed by atoms with van der Waals surface area (Å²) in [4.78, 5) is 0. The Morgan fingerprint density at radius 1 is 1.31 bits per heavy atom. The summed E-state index contributed by atoms with van der Waals surface area (Å²) in [6, 6.07) is 4.43. The number of hydrogen-bond acceptors (Lipinski definition) is 2. The third-order valence-electron chi connectivity index (χ3n) is 3.02. The maximum atomic E-state index is 13.2. The van der Waals surface area contributed by atoms with Crippen molar-refractivity contribution in [1.29, 1.82) is 0 Å². The summed E-state index contributed by atoms with van der Waals surface area (Å²) in [5.41, 5.74) is 6.26. The van der Waals surface area contributed by atoms with Gasteiger partial charge in [0.1, 0.15) is 5.82 Å². The molecule has 1 aromatic carbocycles. The van der Waals surface area contributed by atoms with Crippen LogP contribution >= 0.6 is 11.6 Å². The normalized spacial score (nSPS) is 11.6. The quantitative estimate of drug-likeness (QED) is 0.833. The van der Waals surface area contributed by atoms with Crippen LogP contribution in [0.25, 0.3) is 0 Å². The van der Waals surface area contributed by atoms with E-state index in [2.05, 4.69) is 19.2 Å². The first kappa shape index (κ1) is 13.3. The van der Waals surface area contributed by atoms with Crippen molar-refractivity contribution in [3.05, 3.63) is 29.0 Å². The van der Waals surface area contributed by atoms with Crippen molar-refractivity contribution in [1.82, 2.24) is 0 Å². The highest BCUT2D eigenvalue weighted by Gasteiger charge is 2.23. The monoisotopic (exact) mass is 244 g/mol. The fourth-order valence-electron chi connectivity index (χ4n) is 1.70. The van der Waals surface area contributed by atoms with E-state index in [1.54, 1.807) is 6.07 Å². The van der Waals surface area contributed by atoms with Crippen LogP contribution < -0.4 is 11.1 Å². The Hall–Kier alpha value is -0.800. The first-order valence-electron chi connectivity index (χ1n) is 5.49. The van der Waals surface area contributed by atoms with Gasteiger partial charge in [-0.2, -0.15) is 0 Å². The van der Waals surface area contributed by atoms with Crippen molar-refractivity contribution in [3.63, 3.8) is 0 Å². The van der Waals surface area contributed by atoms with Crippen molar-refractivity contribution in [2.45, 2.75) is 32.2 Å². The zero-order valence-corrected chi connectivity index (χ0v) is 10.4. The summed E-state index contributed by atoms with van der Waals surface area (Å²) in [5.74, 6) is -0.340. The molecule has 0 aromatic heterocycles. The first-order chi connectivity index (χ1) is 7.55. The molecule has 4 heteroatoms. The maximum absolute atomic E-state index is 13.2. The average Bonchev–Trinajstić information content (AvgIpc) is 2.25. The van der Waals surface area contributed by atoms with Crippen molar-refractivity contribution >= 4 is 17.3 Å². The van der Waals surface area contributed by atoms with Gasteiger partial charge in [0, 0.05) is 22.8 Å². The lowest BCUT2D eigenvalue weighted by molar-refractivity contribution is 0.445. The van der Waals surface area contributed by atoms with Gasteiger partial charge < -0.3 is 11.1 Å². The van der Waals surface area contributed by atoms with Crippen LogP contribution in [0.4, 0.5) is 10.1 Å². The highest BCUT2D eigenvalue weighted by molar-refractivity contribution is 6.30. The molecule has 3 N–H and O–H groups in total. The summed E-state index contributed by atoms with van der Waals surface area (Å²) in [6.45, 7) is 4.63. The molecule has 0 spiro atoms. The fraction of sp³-hybridized carbons (Fsp3) is 0.500. The standard InChI is InChI=1S/C12H18ClFN2/c1-3-12(4-2,8-15)16-11-6-9(13)5-10(14)7-11/h5-7,16H,3-4,8,15H2,1-2H3. The Balaban J connectivity index is 2.93. The van der Waals surface area contributed by atoms with Crippen LogP contribution in [0.3, 0.4) is 0 Å². The summed E-state index contributed by atoms with van der Waals surface area (Å²) in [5, 5.41) is 3.66. The van der Waals surface area contributed by atoms with Gasteiger partial charge in [0.25, 0.3) is 0 Å². The third-order valence-corrected chi connectivity index (χ3v) is 3.23. The summed E-state index contributed by atoms with van der Waals surface area (Å²) < 4.78 is 13.2. The third kappa shape index (κ3) is 3.09. The van der Waals surface area contributed by atoms with Crippen molar-refractivity contribution in [2.24, 2.45) is 5.73 Å². The molecule has 0 amide bonds. The van der Waals surface area contributed by atoms with Crippen molar-refractivity contribution in [3.8, 4) is 0 Å². The molecule has 0 saturated heterocycles. The topological polar surface area (TPSA) is 38.0 Å².